The maximum atomic E-state index is 13.2. The lowest BCUT2D eigenvalue weighted by Crippen LogP contribution is -2.47. The fourth-order valence-corrected chi connectivity index (χ4v) is 3.37. The van der Waals surface area contributed by atoms with Crippen LogP contribution < -0.4 is 15.4 Å². The van der Waals surface area contributed by atoms with Crippen LogP contribution in [0.15, 0.2) is 54.6 Å². The van der Waals surface area contributed by atoms with E-state index in [1.54, 1.807) is 25.1 Å². The lowest BCUT2D eigenvalue weighted by atomic mass is 10.00. The highest BCUT2D eigenvalue weighted by Gasteiger charge is 2.53. The van der Waals surface area contributed by atoms with E-state index in [1.165, 1.54) is 13.2 Å². The van der Waals surface area contributed by atoms with E-state index in [2.05, 4.69) is 17.2 Å². The van der Waals surface area contributed by atoms with Crippen LogP contribution in [0.2, 0.25) is 0 Å². The number of carbonyl (C=O) groups is 4. The van der Waals surface area contributed by atoms with Gasteiger partial charge >= 0.3 is 5.97 Å². The fourth-order valence-electron chi connectivity index (χ4n) is 3.37. The van der Waals surface area contributed by atoms with E-state index >= 15 is 0 Å². The summed E-state index contributed by atoms with van der Waals surface area (Å²) in [6.07, 6.45) is -0.981. The van der Waals surface area contributed by atoms with Gasteiger partial charge in [-0.15, -0.1) is 0 Å². The summed E-state index contributed by atoms with van der Waals surface area (Å²) in [7, 11) is 1.48. The molecule has 1 aliphatic rings. The molecule has 2 amide bonds. The van der Waals surface area contributed by atoms with Crippen LogP contribution in [0.1, 0.15) is 29.8 Å². The van der Waals surface area contributed by atoms with Gasteiger partial charge in [-0.25, -0.2) is 4.79 Å². The Bertz CT molecular complexity index is 1260. The number of aryl methyl sites for hydroxylation is 1. The summed E-state index contributed by atoms with van der Waals surface area (Å²) >= 11 is 0. The van der Waals surface area contributed by atoms with Crippen molar-refractivity contribution in [2.24, 2.45) is 0 Å². The third-order valence-corrected chi connectivity index (χ3v) is 5.57. The van der Waals surface area contributed by atoms with Gasteiger partial charge in [0, 0.05) is 6.92 Å². The Hall–Kier alpha value is -4.18. The van der Waals surface area contributed by atoms with Gasteiger partial charge in [-0.1, -0.05) is 24.8 Å². The third-order valence-electron chi connectivity index (χ3n) is 5.57. The maximum absolute atomic E-state index is 13.2. The Labute approximate surface area is 201 Å². The number of amides is 2. The molecule has 2 aromatic carbocycles. The van der Waals surface area contributed by atoms with Crippen molar-refractivity contribution in [1.29, 1.82) is 0 Å². The van der Waals surface area contributed by atoms with Gasteiger partial charge in [0.1, 0.15) is 23.3 Å². The monoisotopic (exact) mass is 482 g/mol. The molecule has 10 heteroatoms. The zero-order valence-electron chi connectivity index (χ0n) is 19.8. The molecule has 184 valence electrons. The first-order valence-corrected chi connectivity index (χ1v) is 10.6. The third kappa shape index (κ3) is 5.49. The Morgan fingerprint density at radius 2 is 1.89 bits per heavy atom. The molecule has 1 heterocycles. The minimum atomic E-state index is -1.41. The second-order valence-electron chi connectivity index (χ2n) is 8.25. The molecule has 2 atom stereocenters. The van der Waals surface area contributed by atoms with Gasteiger partial charge in [0.15, 0.2) is 5.78 Å². The summed E-state index contributed by atoms with van der Waals surface area (Å²) in [5.41, 5.74) is -0.793. The molecule has 0 aromatic heterocycles. The number of Topliss-reactive ketones (excluding diaryl/α,β-unsaturated/α-hetero) is 1. The molecule has 1 aliphatic heterocycles. The van der Waals surface area contributed by atoms with Crippen molar-refractivity contribution in [3.05, 3.63) is 65.7 Å². The highest BCUT2D eigenvalue weighted by Crippen LogP contribution is 2.34. The van der Waals surface area contributed by atoms with E-state index in [4.69, 9.17) is 19.3 Å². The zero-order chi connectivity index (χ0) is 25.9. The molecule has 2 aromatic rings. The predicted octanol–water partition coefficient (Wildman–Crippen LogP) is 2.21. The number of rotatable bonds is 9. The van der Waals surface area contributed by atoms with Gasteiger partial charge in [0.2, 0.25) is 6.10 Å². The van der Waals surface area contributed by atoms with Crippen LogP contribution in [0.5, 0.6) is 5.75 Å². The molecule has 1 saturated heterocycles. The molecule has 3 N–H and O–H groups in total. The minimum Gasteiger partial charge on any atom is -0.513 e. The van der Waals surface area contributed by atoms with Crippen molar-refractivity contribution in [3.8, 4) is 5.75 Å². The number of fused-ring (bicyclic) bond motifs is 1. The maximum Gasteiger partial charge on any atom is 0.339 e. The summed E-state index contributed by atoms with van der Waals surface area (Å²) in [5.74, 6) is -2.73. The molecule has 0 aliphatic carbocycles. The quantitative estimate of drug-likeness (QED) is 0.214. The molecule has 35 heavy (non-hydrogen) atoms. The number of nitrogens with one attached hydrogen (secondary N) is 2. The van der Waals surface area contributed by atoms with E-state index in [9.17, 15) is 19.2 Å². The van der Waals surface area contributed by atoms with E-state index in [1.807, 2.05) is 13.0 Å². The van der Waals surface area contributed by atoms with Crippen LogP contribution in [-0.4, -0.2) is 54.1 Å². The summed E-state index contributed by atoms with van der Waals surface area (Å²) in [5, 5.41) is 14.9. The second kappa shape index (κ2) is 9.98. The van der Waals surface area contributed by atoms with Crippen LogP contribution in [0.3, 0.4) is 0 Å². The number of hydrogen-bond donors (Lipinski definition) is 3. The topological polar surface area (TPSA) is 144 Å². The number of aliphatic hydroxyl groups is 1. The molecule has 3 rings (SSSR count). The molecule has 0 spiro atoms. The largest absolute Gasteiger partial charge is 0.513 e. The number of esters is 1. The molecule has 1 fully saturated rings. The molecule has 0 radical (unpaired) electrons. The number of allylic oxidation sites excluding steroid dienone is 1. The van der Waals surface area contributed by atoms with Crippen molar-refractivity contribution in [2.75, 3.05) is 13.7 Å². The SMILES string of the molecule is C=C(NC(=O)[C@@H](OC(=O)c1cc(OC)cc2c(C)cccc12)[C@]1(C)CO1)C(=O)N/C(=C/O)C(C)=O. The molecular weight excluding hydrogens is 456 g/mol. The normalized spacial score (nSPS) is 17.8. The molecule has 0 bridgehead atoms. The lowest BCUT2D eigenvalue weighted by Gasteiger charge is -2.22. The number of hydrogen-bond acceptors (Lipinski definition) is 8. The van der Waals surface area contributed by atoms with Crippen molar-refractivity contribution < 1.29 is 38.5 Å². The Morgan fingerprint density at radius 3 is 2.46 bits per heavy atom. The molecular formula is C25H26N2O8. The standard InChI is InChI=1S/C25H26N2O8/c1-13-7-6-8-17-18(13)9-16(33-5)10-19(17)24(32)35-21(25(4)12-34-25)23(31)26-14(2)22(30)27-20(11-28)15(3)29/h6-11,21,28H,2,12H2,1,3-5H3,(H,26,31)(H,27,30)/b20-11+/t21-,25+/m1/s1. The van der Waals surface area contributed by atoms with Crippen molar-refractivity contribution >= 4 is 34.3 Å². The molecule has 0 saturated carbocycles. The summed E-state index contributed by atoms with van der Waals surface area (Å²) in [6.45, 7) is 8.24. The molecule has 0 unspecified atom stereocenters. The highest BCUT2D eigenvalue weighted by atomic mass is 16.6. The van der Waals surface area contributed by atoms with Crippen LogP contribution in [0.4, 0.5) is 0 Å². The number of epoxide rings is 1. The van der Waals surface area contributed by atoms with E-state index in [0.717, 1.165) is 17.9 Å². The number of methoxy groups -OCH3 is 1. The lowest BCUT2D eigenvalue weighted by molar-refractivity contribution is -0.133. The zero-order valence-corrected chi connectivity index (χ0v) is 19.8. The average Bonchev–Trinajstić information content (AvgIpc) is 3.57. The number of aliphatic hydroxyl groups excluding tert-OH is 1. The summed E-state index contributed by atoms with van der Waals surface area (Å²) < 4.78 is 16.2. The van der Waals surface area contributed by atoms with Crippen LogP contribution in [0, 0.1) is 6.92 Å². The van der Waals surface area contributed by atoms with Gasteiger partial charge in [0.05, 0.1) is 25.0 Å². The number of benzene rings is 2. The van der Waals surface area contributed by atoms with Crippen molar-refractivity contribution in [1.82, 2.24) is 10.6 Å². The van der Waals surface area contributed by atoms with Gasteiger partial charge < -0.3 is 30.0 Å². The summed E-state index contributed by atoms with van der Waals surface area (Å²) in [6, 6.07) is 8.78. The van der Waals surface area contributed by atoms with Gasteiger partial charge in [-0.05, 0) is 42.3 Å². The summed E-state index contributed by atoms with van der Waals surface area (Å²) in [4.78, 5) is 49.8. The van der Waals surface area contributed by atoms with Crippen LogP contribution in [-0.2, 0) is 23.9 Å². The molecule has 10 nitrogen and oxygen atoms in total. The Morgan fingerprint density at radius 1 is 1.20 bits per heavy atom. The smallest absolute Gasteiger partial charge is 0.339 e. The van der Waals surface area contributed by atoms with E-state index in [-0.39, 0.29) is 17.9 Å². The second-order valence-corrected chi connectivity index (χ2v) is 8.25. The van der Waals surface area contributed by atoms with Gasteiger partial charge in [-0.3, -0.25) is 14.4 Å². The first-order chi connectivity index (χ1) is 16.5. The van der Waals surface area contributed by atoms with E-state index in [0.29, 0.717) is 17.4 Å². The van der Waals surface area contributed by atoms with Crippen LogP contribution >= 0.6 is 0 Å². The van der Waals surface area contributed by atoms with Crippen LogP contribution in [0.25, 0.3) is 10.8 Å². The Balaban J connectivity index is 1.83. The Kier molecular flexibility index (Phi) is 7.25. The predicted molar refractivity (Wildman–Crippen MR) is 126 cm³/mol. The van der Waals surface area contributed by atoms with Gasteiger partial charge in [-0.2, -0.15) is 0 Å². The first-order valence-electron chi connectivity index (χ1n) is 10.6. The van der Waals surface area contributed by atoms with Crippen molar-refractivity contribution in [2.45, 2.75) is 32.5 Å². The number of ether oxygens (including phenoxy) is 3. The number of ketones is 1. The highest BCUT2D eigenvalue weighted by molar-refractivity contribution is 6.07. The number of carbonyl (C=O) groups excluding carboxylic acids is 4. The first kappa shape index (κ1) is 25.4. The van der Waals surface area contributed by atoms with Crippen molar-refractivity contribution in [3.63, 3.8) is 0 Å². The van der Waals surface area contributed by atoms with Gasteiger partial charge in [0.25, 0.3) is 11.8 Å². The van der Waals surface area contributed by atoms with E-state index < -0.39 is 41.0 Å². The minimum absolute atomic E-state index is 0.150. The fraction of sp³-hybridized carbons (Fsp3) is 0.280. The average molecular weight is 482 g/mol.